The molecular formula is C11H15N3OS. The lowest BCUT2D eigenvalue weighted by Gasteiger charge is -2.04. The summed E-state index contributed by atoms with van der Waals surface area (Å²) in [5.74, 6) is 0. The molecule has 5 heteroatoms. The zero-order valence-electron chi connectivity index (χ0n) is 9.64. The van der Waals surface area contributed by atoms with Crippen molar-refractivity contribution in [2.24, 2.45) is 7.05 Å². The van der Waals surface area contributed by atoms with Gasteiger partial charge in [-0.15, -0.1) is 16.4 Å². The minimum absolute atomic E-state index is 0.478. The number of hydrogen-bond donors (Lipinski definition) is 1. The van der Waals surface area contributed by atoms with Crippen LogP contribution < -0.4 is 0 Å². The molecule has 2 aromatic rings. The zero-order chi connectivity index (χ0) is 11.7. The summed E-state index contributed by atoms with van der Waals surface area (Å²) in [6, 6.07) is 2.04. The van der Waals surface area contributed by atoms with Crippen molar-refractivity contribution in [3.63, 3.8) is 0 Å². The molecule has 0 aliphatic heterocycles. The summed E-state index contributed by atoms with van der Waals surface area (Å²) in [6.07, 6.45) is 1.87. The van der Waals surface area contributed by atoms with E-state index in [0.717, 1.165) is 10.6 Å². The molecule has 0 aliphatic carbocycles. The van der Waals surface area contributed by atoms with Crippen LogP contribution >= 0.6 is 11.3 Å². The van der Waals surface area contributed by atoms with Gasteiger partial charge in [-0.25, -0.2) is 0 Å². The van der Waals surface area contributed by atoms with Crippen molar-refractivity contribution in [2.45, 2.75) is 26.4 Å². The quantitative estimate of drug-likeness (QED) is 0.885. The van der Waals surface area contributed by atoms with Gasteiger partial charge in [-0.3, -0.25) is 4.68 Å². The first-order valence-corrected chi connectivity index (χ1v) is 5.98. The highest BCUT2D eigenvalue weighted by Crippen LogP contribution is 2.28. The molecule has 0 saturated carbocycles. The van der Waals surface area contributed by atoms with E-state index in [1.165, 1.54) is 10.4 Å². The third-order valence-corrected chi connectivity index (χ3v) is 3.82. The van der Waals surface area contributed by atoms with E-state index in [4.69, 9.17) is 0 Å². The minimum Gasteiger partial charge on any atom is -0.387 e. The second kappa shape index (κ2) is 4.35. The molecule has 0 aromatic carbocycles. The first-order valence-electron chi connectivity index (χ1n) is 5.16. The Bertz CT molecular complexity index is 470. The molecule has 2 aromatic heterocycles. The lowest BCUT2D eigenvalue weighted by molar-refractivity contribution is 0.181. The molecule has 4 nitrogen and oxygen atoms in total. The van der Waals surface area contributed by atoms with Crippen molar-refractivity contribution in [3.05, 3.63) is 33.3 Å². The van der Waals surface area contributed by atoms with Crippen molar-refractivity contribution in [1.29, 1.82) is 0 Å². The molecule has 1 N–H and O–H groups in total. The number of aliphatic hydroxyl groups is 1. The maximum atomic E-state index is 10.1. The first-order chi connectivity index (χ1) is 7.56. The third kappa shape index (κ3) is 2.31. The van der Waals surface area contributed by atoms with Crippen LogP contribution in [0.1, 0.15) is 27.1 Å². The fourth-order valence-corrected chi connectivity index (χ4v) is 2.58. The van der Waals surface area contributed by atoms with E-state index in [0.29, 0.717) is 6.42 Å². The van der Waals surface area contributed by atoms with Gasteiger partial charge in [-0.1, -0.05) is 5.21 Å². The maximum absolute atomic E-state index is 10.1. The van der Waals surface area contributed by atoms with E-state index < -0.39 is 6.10 Å². The van der Waals surface area contributed by atoms with Gasteiger partial charge in [0.1, 0.15) is 0 Å². The topological polar surface area (TPSA) is 50.9 Å². The molecule has 2 heterocycles. The number of rotatable bonds is 3. The van der Waals surface area contributed by atoms with Crippen molar-refractivity contribution in [1.82, 2.24) is 15.0 Å². The Morgan fingerprint density at radius 1 is 1.50 bits per heavy atom. The number of thiophene rings is 1. The second-order valence-electron chi connectivity index (χ2n) is 3.99. The fourth-order valence-electron chi connectivity index (χ4n) is 1.55. The van der Waals surface area contributed by atoms with Gasteiger partial charge in [0.15, 0.2) is 0 Å². The molecule has 0 spiro atoms. The molecular weight excluding hydrogens is 222 g/mol. The fraction of sp³-hybridized carbons (Fsp3) is 0.455. The monoisotopic (exact) mass is 237 g/mol. The number of aliphatic hydroxyl groups excluding tert-OH is 1. The van der Waals surface area contributed by atoms with Crippen molar-refractivity contribution >= 4 is 11.3 Å². The summed E-state index contributed by atoms with van der Waals surface area (Å²) in [5.41, 5.74) is 2.05. The second-order valence-corrected chi connectivity index (χ2v) is 5.28. The van der Waals surface area contributed by atoms with Crippen LogP contribution in [0.5, 0.6) is 0 Å². The molecule has 0 saturated heterocycles. The number of hydrogen-bond acceptors (Lipinski definition) is 4. The molecule has 0 bridgehead atoms. The van der Waals surface area contributed by atoms with Crippen LogP contribution in [-0.2, 0) is 13.5 Å². The van der Waals surface area contributed by atoms with Crippen LogP contribution in [0.2, 0.25) is 0 Å². The number of aromatic nitrogens is 3. The smallest absolute Gasteiger partial charge is 0.0938 e. The molecule has 1 unspecified atom stereocenters. The van der Waals surface area contributed by atoms with Crippen molar-refractivity contribution in [2.75, 3.05) is 0 Å². The van der Waals surface area contributed by atoms with Gasteiger partial charge in [0, 0.05) is 29.4 Å². The summed E-state index contributed by atoms with van der Waals surface area (Å²) in [6.45, 7) is 4.13. The maximum Gasteiger partial charge on any atom is 0.0938 e. The van der Waals surface area contributed by atoms with E-state index in [1.807, 2.05) is 19.3 Å². The Hall–Kier alpha value is -1.20. The third-order valence-electron chi connectivity index (χ3n) is 2.57. The lowest BCUT2D eigenvalue weighted by Crippen LogP contribution is -1.99. The highest BCUT2D eigenvalue weighted by molar-refractivity contribution is 7.12. The van der Waals surface area contributed by atoms with Gasteiger partial charge >= 0.3 is 0 Å². The van der Waals surface area contributed by atoms with Gasteiger partial charge in [-0.05, 0) is 25.5 Å². The minimum atomic E-state index is -0.478. The Morgan fingerprint density at radius 2 is 2.25 bits per heavy atom. The van der Waals surface area contributed by atoms with Crippen molar-refractivity contribution < 1.29 is 5.11 Å². The van der Waals surface area contributed by atoms with Gasteiger partial charge in [-0.2, -0.15) is 0 Å². The number of nitrogens with zero attached hydrogens (tertiary/aromatic N) is 3. The van der Waals surface area contributed by atoms with Gasteiger partial charge < -0.3 is 5.11 Å². The van der Waals surface area contributed by atoms with Crippen LogP contribution in [0.15, 0.2) is 12.3 Å². The van der Waals surface area contributed by atoms with E-state index in [2.05, 4.69) is 24.2 Å². The van der Waals surface area contributed by atoms with Gasteiger partial charge in [0.25, 0.3) is 0 Å². The van der Waals surface area contributed by atoms with E-state index >= 15 is 0 Å². The average molecular weight is 237 g/mol. The zero-order valence-corrected chi connectivity index (χ0v) is 10.5. The predicted molar refractivity (Wildman–Crippen MR) is 63.5 cm³/mol. The van der Waals surface area contributed by atoms with Gasteiger partial charge in [0.2, 0.25) is 0 Å². The molecule has 0 fully saturated rings. The molecule has 2 rings (SSSR count). The lowest BCUT2D eigenvalue weighted by atomic mass is 10.1. The van der Waals surface area contributed by atoms with Crippen LogP contribution in [-0.4, -0.2) is 20.1 Å². The van der Waals surface area contributed by atoms with E-state index in [1.54, 1.807) is 16.0 Å². The summed E-state index contributed by atoms with van der Waals surface area (Å²) < 4.78 is 1.65. The summed E-state index contributed by atoms with van der Waals surface area (Å²) >= 11 is 1.64. The van der Waals surface area contributed by atoms with Crippen LogP contribution in [0.25, 0.3) is 0 Å². The van der Waals surface area contributed by atoms with Crippen molar-refractivity contribution in [3.8, 4) is 0 Å². The average Bonchev–Trinajstić information content (AvgIpc) is 2.75. The molecule has 1 atom stereocenters. The van der Waals surface area contributed by atoms with E-state index in [-0.39, 0.29) is 0 Å². The highest BCUT2D eigenvalue weighted by atomic mass is 32.1. The highest BCUT2D eigenvalue weighted by Gasteiger charge is 2.14. The first kappa shape index (κ1) is 11.3. The van der Waals surface area contributed by atoms with E-state index in [9.17, 15) is 5.11 Å². The predicted octanol–water partition coefficient (Wildman–Crippen LogP) is 1.77. The molecule has 0 amide bonds. The molecule has 86 valence electrons. The van der Waals surface area contributed by atoms with Crippen LogP contribution in [0.3, 0.4) is 0 Å². The Kier molecular flexibility index (Phi) is 3.07. The Labute approximate surface area is 98.5 Å². The Morgan fingerprint density at radius 3 is 2.75 bits per heavy atom. The number of aryl methyl sites for hydroxylation is 3. The van der Waals surface area contributed by atoms with Gasteiger partial charge in [0.05, 0.1) is 11.8 Å². The Balaban J connectivity index is 2.11. The standard InChI is InChI=1S/C11H15N3OS/c1-7-4-11(16-8(7)2)10(15)5-9-6-14(3)13-12-9/h4,6,10,15H,5H2,1-3H3. The summed E-state index contributed by atoms with van der Waals surface area (Å²) in [5, 5.41) is 17.9. The summed E-state index contributed by atoms with van der Waals surface area (Å²) in [7, 11) is 1.82. The molecule has 0 radical (unpaired) electrons. The van der Waals surface area contributed by atoms with Crippen LogP contribution in [0.4, 0.5) is 0 Å². The largest absolute Gasteiger partial charge is 0.387 e. The summed E-state index contributed by atoms with van der Waals surface area (Å²) in [4.78, 5) is 2.26. The SMILES string of the molecule is Cc1cc(C(O)Cc2cn(C)nn2)sc1C. The normalized spacial score (nSPS) is 13.0. The molecule has 0 aliphatic rings. The molecule has 16 heavy (non-hydrogen) atoms. The van der Waals surface area contributed by atoms with Crippen LogP contribution in [0, 0.1) is 13.8 Å².